The zero-order valence-electron chi connectivity index (χ0n) is 9.81. The Morgan fingerprint density at radius 1 is 1.38 bits per heavy atom. The quantitative estimate of drug-likeness (QED) is 0.428. The summed E-state index contributed by atoms with van der Waals surface area (Å²) >= 11 is 0. The predicted octanol–water partition coefficient (Wildman–Crippen LogP) is 3.65. The van der Waals surface area contributed by atoms with Crippen LogP contribution in [0.3, 0.4) is 0 Å². The monoisotopic (exact) mass is 260 g/mol. The maximum absolute atomic E-state index is 11.7. The molecule has 1 aliphatic carbocycles. The zero-order valence-corrected chi connectivity index (χ0v) is 11.4. The summed E-state index contributed by atoms with van der Waals surface area (Å²) in [7, 11) is 3.87. The van der Waals surface area contributed by atoms with Crippen molar-refractivity contribution in [2.45, 2.75) is 56.8 Å². The molecule has 1 aliphatic heterocycles. The number of unbranched alkanes of at least 4 members (excludes halogenated alkanes) is 2. The molecule has 2 fully saturated rings. The van der Waals surface area contributed by atoms with E-state index in [1.165, 1.54) is 12.8 Å². The number of esters is 1. The maximum atomic E-state index is 11.7. The Labute approximate surface area is 106 Å². The molecule has 1 saturated carbocycles. The van der Waals surface area contributed by atoms with Gasteiger partial charge in [-0.15, -0.1) is 0 Å². The fraction of sp³-hybridized carbons (Fsp3) is 0.917. The molecule has 2 rings (SSSR count). The highest BCUT2D eigenvalue weighted by atomic mass is 33.1. The largest absolute Gasteiger partial charge is 0.461 e. The van der Waals surface area contributed by atoms with Gasteiger partial charge in [0.15, 0.2) is 0 Å². The summed E-state index contributed by atoms with van der Waals surface area (Å²) in [6.07, 6.45) is 6.60. The smallest absolute Gasteiger partial charge is 0.306 e. The number of hydrogen-bond donors (Lipinski definition) is 0. The van der Waals surface area contributed by atoms with Crippen molar-refractivity contribution in [1.82, 2.24) is 0 Å². The van der Waals surface area contributed by atoms with Gasteiger partial charge in [0.1, 0.15) is 6.10 Å². The SMILES string of the molecule is CCCCCC(=O)O[C@@H]1[C@H]2CC[C@@H]1SSC2. The molecular formula is C12H20O2S2. The maximum Gasteiger partial charge on any atom is 0.306 e. The molecule has 16 heavy (non-hydrogen) atoms. The highest BCUT2D eigenvalue weighted by Gasteiger charge is 2.42. The third-order valence-electron chi connectivity index (χ3n) is 3.38. The van der Waals surface area contributed by atoms with E-state index in [-0.39, 0.29) is 12.1 Å². The Morgan fingerprint density at radius 3 is 3.00 bits per heavy atom. The number of hydrogen-bond acceptors (Lipinski definition) is 4. The van der Waals surface area contributed by atoms with Crippen LogP contribution in [0, 0.1) is 5.92 Å². The van der Waals surface area contributed by atoms with Crippen LogP contribution in [-0.4, -0.2) is 23.1 Å². The van der Waals surface area contributed by atoms with Crippen molar-refractivity contribution in [2.75, 3.05) is 5.75 Å². The van der Waals surface area contributed by atoms with Gasteiger partial charge in [-0.25, -0.2) is 0 Å². The van der Waals surface area contributed by atoms with Crippen LogP contribution in [0.5, 0.6) is 0 Å². The van der Waals surface area contributed by atoms with Crippen molar-refractivity contribution in [1.29, 1.82) is 0 Å². The average Bonchev–Trinajstić information content (AvgIpc) is 2.52. The van der Waals surface area contributed by atoms with Crippen molar-refractivity contribution in [3.05, 3.63) is 0 Å². The second-order valence-corrected chi connectivity index (χ2v) is 7.32. The first-order chi connectivity index (χ1) is 7.81. The van der Waals surface area contributed by atoms with Crippen molar-refractivity contribution >= 4 is 27.6 Å². The fourth-order valence-electron chi connectivity index (χ4n) is 2.41. The second kappa shape index (κ2) is 6.20. The van der Waals surface area contributed by atoms with Crippen LogP contribution in [0.1, 0.15) is 45.4 Å². The van der Waals surface area contributed by atoms with Crippen molar-refractivity contribution < 1.29 is 9.53 Å². The molecule has 1 heterocycles. The summed E-state index contributed by atoms with van der Waals surface area (Å²) in [5, 5.41) is 0.568. The lowest BCUT2D eigenvalue weighted by Crippen LogP contribution is -2.32. The Kier molecular flexibility index (Phi) is 4.89. The fourth-order valence-corrected chi connectivity index (χ4v) is 5.71. The molecule has 0 N–H and O–H groups in total. The van der Waals surface area contributed by atoms with Crippen LogP contribution in [0.2, 0.25) is 0 Å². The summed E-state index contributed by atoms with van der Waals surface area (Å²) < 4.78 is 5.65. The number of carbonyl (C=O) groups is 1. The predicted molar refractivity (Wildman–Crippen MR) is 70.6 cm³/mol. The summed E-state index contributed by atoms with van der Waals surface area (Å²) in [5.74, 6) is 1.82. The Hall–Kier alpha value is 0.170. The van der Waals surface area contributed by atoms with Gasteiger partial charge in [-0.2, -0.15) is 0 Å². The second-order valence-electron chi connectivity index (χ2n) is 4.67. The van der Waals surface area contributed by atoms with Gasteiger partial charge in [-0.05, 0) is 19.3 Å². The molecule has 3 atom stereocenters. The number of rotatable bonds is 5. The van der Waals surface area contributed by atoms with Gasteiger partial charge in [-0.1, -0.05) is 41.4 Å². The number of carbonyl (C=O) groups excluding carboxylic acids is 1. The van der Waals surface area contributed by atoms with E-state index in [0.717, 1.165) is 25.0 Å². The van der Waals surface area contributed by atoms with Crippen molar-refractivity contribution in [3.8, 4) is 0 Å². The summed E-state index contributed by atoms with van der Waals surface area (Å²) in [4.78, 5) is 11.7. The van der Waals surface area contributed by atoms with E-state index in [1.54, 1.807) is 0 Å². The first-order valence-corrected chi connectivity index (χ1v) is 8.67. The van der Waals surface area contributed by atoms with E-state index < -0.39 is 0 Å². The van der Waals surface area contributed by atoms with E-state index in [0.29, 0.717) is 17.6 Å². The van der Waals surface area contributed by atoms with Crippen LogP contribution in [-0.2, 0) is 9.53 Å². The van der Waals surface area contributed by atoms with Gasteiger partial charge >= 0.3 is 5.97 Å². The number of ether oxygens (including phenoxy) is 1. The summed E-state index contributed by atoms with van der Waals surface area (Å²) in [6, 6.07) is 0. The molecule has 0 aromatic heterocycles. The lowest BCUT2D eigenvalue weighted by Gasteiger charge is -2.28. The van der Waals surface area contributed by atoms with Gasteiger partial charge < -0.3 is 4.74 Å². The topological polar surface area (TPSA) is 26.3 Å². The Balaban J connectivity index is 1.74. The zero-order chi connectivity index (χ0) is 11.4. The Bertz CT molecular complexity index is 229. The molecular weight excluding hydrogens is 240 g/mol. The molecule has 4 heteroatoms. The highest BCUT2D eigenvalue weighted by molar-refractivity contribution is 8.77. The lowest BCUT2D eigenvalue weighted by molar-refractivity contribution is -0.150. The van der Waals surface area contributed by atoms with Gasteiger partial charge in [0.2, 0.25) is 0 Å². The van der Waals surface area contributed by atoms with Crippen LogP contribution in [0.25, 0.3) is 0 Å². The van der Waals surface area contributed by atoms with Gasteiger partial charge in [-0.3, -0.25) is 4.79 Å². The van der Waals surface area contributed by atoms with Crippen LogP contribution >= 0.6 is 21.6 Å². The van der Waals surface area contributed by atoms with E-state index in [9.17, 15) is 4.79 Å². The molecule has 0 amide bonds. The molecule has 0 aromatic carbocycles. The molecule has 2 aliphatic rings. The summed E-state index contributed by atoms with van der Waals surface area (Å²) in [6.45, 7) is 2.15. The van der Waals surface area contributed by atoms with Gasteiger partial charge in [0, 0.05) is 18.1 Å². The molecule has 2 bridgehead atoms. The van der Waals surface area contributed by atoms with Crippen LogP contribution in [0.4, 0.5) is 0 Å². The van der Waals surface area contributed by atoms with E-state index in [2.05, 4.69) is 6.92 Å². The standard InChI is InChI=1S/C12H20O2S2/c1-2-3-4-5-11(13)14-12-9-6-7-10(12)16-15-8-9/h9-10,12H,2-8H2,1H3/t9-,10-,12+/m0/s1. The van der Waals surface area contributed by atoms with Crippen LogP contribution in [0.15, 0.2) is 0 Å². The lowest BCUT2D eigenvalue weighted by atomic mass is 10.1. The van der Waals surface area contributed by atoms with Crippen molar-refractivity contribution in [2.24, 2.45) is 5.92 Å². The van der Waals surface area contributed by atoms with Crippen LogP contribution < -0.4 is 0 Å². The third-order valence-corrected chi connectivity index (χ3v) is 6.39. The normalized spacial score (nSPS) is 32.7. The van der Waals surface area contributed by atoms with Gasteiger partial charge in [0.25, 0.3) is 0 Å². The molecule has 1 saturated heterocycles. The van der Waals surface area contributed by atoms with Crippen molar-refractivity contribution in [3.63, 3.8) is 0 Å². The van der Waals surface area contributed by atoms with E-state index in [4.69, 9.17) is 4.74 Å². The Morgan fingerprint density at radius 2 is 2.25 bits per heavy atom. The minimum Gasteiger partial charge on any atom is -0.461 e. The molecule has 0 spiro atoms. The minimum atomic E-state index is 0.0304. The molecule has 2 nitrogen and oxygen atoms in total. The average molecular weight is 260 g/mol. The summed E-state index contributed by atoms with van der Waals surface area (Å²) in [5.41, 5.74) is 0. The molecule has 0 aromatic rings. The highest BCUT2D eigenvalue weighted by Crippen LogP contribution is 2.49. The first-order valence-electron chi connectivity index (χ1n) is 6.29. The third kappa shape index (κ3) is 3.10. The van der Waals surface area contributed by atoms with E-state index in [1.807, 2.05) is 21.6 Å². The molecule has 0 radical (unpaired) electrons. The molecule has 0 unspecified atom stereocenters. The van der Waals surface area contributed by atoms with Gasteiger partial charge in [0.05, 0.1) is 5.25 Å². The minimum absolute atomic E-state index is 0.0304. The number of fused-ring (bicyclic) bond motifs is 2. The van der Waals surface area contributed by atoms with E-state index >= 15 is 0 Å². The first kappa shape index (κ1) is 12.6. The molecule has 92 valence electrons.